The summed E-state index contributed by atoms with van der Waals surface area (Å²) in [5.41, 5.74) is 2.08. The number of hydrogen-bond donors (Lipinski definition) is 1. The molecule has 3 nitrogen and oxygen atoms in total. The molecule has 0 saturated heterocycles. The first kappa shape index (κ1) is 20.8. The predicted octanol–water partition coefficient (Wildman–Crippen LogP) is 3.67. The Morgan fingerprint density at radius 1 is 0.875 bits per heavy atom. The van der Waals surface area contributed by atoms with E-state index in [0.717, 1.165) is 22.4 Å². The molecule has 16 heavy (non-hydrogen) atoms. The van der Waals surface area contributed by atoms with Crippen molar-refractivity contribution in [3.8, 4) is 0 Å². The summed E-state index contributed by atoms with van der Waals surface area (Å²) in [5.74, 6) is 0.839. The molecule has 92 valence electrons. The molecule has 0 radical (unpaired) electrons. The quantitative estimate of drug-likeness (QED) is 0.803. The van der Waals surface area contributed by atoms with Crippen LogP contribution in [-0.4, -0.2) is 9.97 Å². The summed E-state index contributed by atoms with van der Waals surface area (Å²) >= 11 is 0. The van der Waals surface area contributed by atoms with Crippen LogP contribution >= 0.6 is 37.2 Å². The number of para-hydroxylation sites is 1. The molecule has 0 unspecified atom stereocenters. The molecule has 1 aromatic heterocycles. The van der Waals surface area contributed by atoms with Gasteiger partial charge in [0.05, 0.1) is 5.52 Å². The topological polar surface area (TPSA) is 60.8 Å². The van der Waals surface area contributed by atoms with Gasteiger partial charge in [0.25, 0.3) is 0 Å². The summed E-state index contributed by atoms with van der Waals surface area (Å²) in [6.07, 6.45) is 0. The number of halogens is 3. The minimum Gasteiger partial charge on any atom is -0.344 e. The lowest BCUT2D eigenvalue weighted by molar-refractivity contribution is 1.05. The average Bonchev–Trinajstić information content (AvgIpc) is 2.04. The van der Waals surface area contributed by atoms with E-state index in [1.54, 1.807) is 0 Å². The van der Waals surface area contributed by atoms with Gasteiger partial charge in [0.1, 0.15) is 5.82 Å². The molecule has 1 heterocycles. The molecule has 2 rings (SSSR count). The first-order chi connectivity index (χ1) is 5.77. The van der Waals surface area contributed by atoms with E-state index in [1.165, 1.54) is 0 Å². The van der Waals surface area contributed by atoms with Crippen molar-refractivity contribution in [2.75, 3.05) is 0 Å². The normalized spacial score (nSPS) is 7.88. The molecule has 0 aliphatic carbocycles. The van der Waals surface area contributed by atoms with Gasteiger partial charge in [0.15, 0.2) is 0 Å². The fraction of sp³-hybridized carbons (Fsp3) is 0.200. The van der Waals surface area contributed by atoms with Crippen LogP contribution < -0.4 is 6.15 Å². The van der Waals surface area contributed by atoms with Crippen molar-refractivity contribution in [2.24, 2.45) is 0 Å². The summed E-state index contributed by atoms with van der Waals surface area (Å²) < 4.78 is 0. The van der Waals surface area contributed by atoms with Gasteiger partial charge in [-0.3, -0.25) is 0 Å². The molecule has 0 aliphatic heterocycles. The molecular weight excluding hydrogens is 268 g/mol. The Hall–Kier alpha value is -0.610. The van der Waals surface area contributed by atoms with Gasteiger partial charge in [0.2, 0.25) is 0 Å². The first-order valence-corrected chi connectivity index (χ1v) is 3.97. The molecule has 3 N–H and O–H groups in total. The molecule has 0 fully saturated rings. The molecule has 0 bridgehead atoms. The molecule has 0 spiro atoms. The van der Waals surface area contributed by atoms with Crippen LogP contribution in [0.5, 0.6) is 0 Å². The molecule has 0 amide bonds. The largest absolute Gasteiger partial charge is 0.344 e. The smallest absolute Gasteiger partial charge is 0.126 e. The fourth-order valence-electron chi connectivity index (χ4n) is 1.38. The third-order valence-corrected chi connectivity index (χ3v) is 1.91. The second-order valence-electron chi connectivity index (χ2n) is 2.87. The fourth-order valence-corrected chi connectivity index (χ4v) is 1.38. The van der Waals surface area contributed by atoms with Crippen LogP contribution in [0.15, 0.2) is 24.3 Å². The summed E-state index contributed by atoms with van der Waals surface area (Å²) in [4.78, 5) is 8.62. The number of rotatable bonds is 0. The van der Waals surface area contributed by atoms with E-state index in [4.69, 9.17) is 0 Å². The summed E-state index contributed by atoms with van der Waals surface area (Å²) in [6.45, 7) is 3.93. The highest BCUT2D eigenvalue weighted by molar-refractivity contribution is 5.86. The molecule has 2 aromatic rings. The van der Waals surface area contributed by atoms with E-state index in [9.17, 15) is 0 Å². The minimum atomic E-state index is 0. The van der Waals surface area contributed by atoms with Gasteiger partial charge in [-0.05, 0) is 19.9 Å². The van der Waals surface area contributed by atoms with Crippen LogP contribution in [0.1, 0.15) is 11.5 Å². The number of aromatic nitrogens is 2. The lowest BCUT2D eigenvalue weighted by atomic mass is 10.2. The lowest BCUT2D eigenvalue weighted by Crippen LogP contribution is -1.92. The minimum absolute atomic E-state index is 0. The molecule has 6 heteroatoms. The van der Waals surface area contributed by atoms with Crippen molar-refractivity contribution in [1.82, 2.24) is 16.1 Å². The Labute approximate surface area is 114 Å². The van der Waals surface area contributed by atoms with Crippen molar-refractivity contribution in [3.05, 3.63) is 35.8 Å². The molecular formula is C10H16Cl3N3. The Morgan fingerprint density at radius 2 is 1.44 bits per heavy atom. The monoisotopic (exact) mass is 283 g/mol. The zero-order chi connectivity index (χ0) is 8.55. The van der Waals surface area contributed by atoms with E-state index in [0.29, 0.717) is 0 Å². The molecule has 0 aliphatic rings. The standard InChI is InChI=1S/C10H10N2.3ClH.H3N/c1-7-9-5-3-4-6-10(9)12-8(2)11-7;;;;/h3-6H,1-2H3;3*1H;1H3. The highest BCUT2D eigenvalue weighted by Crippen LogP contribution is 2.13. The van der Waals surface area contributed by atoms with Crippen molar-refractivity contribution >= 4 is 48.1 Å². The maximum atomic E-state index is 4.33. The van der Waals surface area contributed by atoms with Gasteiger partial charge in [-0.25, -0.2) is 9.97 Å². The number of hydrogen-bond acceptors (Lipinski definition) is 3. The van der Waals surface area contributed by atoms with Crippen LogP contribution in [0.25, 0.3) is 10.9 Å². The third kappa shape index (κ3) is 4.10. The van der Waals surface area contributed by atoms with Crippen LogP contribution in [0.3, 0.4) is 0 Å². The molecule has 1 aromatic carbocycles. The van der Waals surface area contributed by atoms with Crippen LogP contribution in [-0.2, 0) is 0 Å². The van der Waals surface area contributed by atoms with E-state index in [-0.39, 0.29) is 43.4 Å². The van der Waals surface area contributed by atoms with Gasteiger partial charge in [-0.15, -0.1) is 37.2 Å². The van der Waals surface area contributed by atoms with Crippen molar-refractivity contribution in [1.29, 1.82) is 0 Å². The van der Waals surface area contributed by atoms with E-state index >= 15 is 0 Å². The predicted molar refractivity (Wildman–Crippen MR) is 75.8 cm³/mol. The third-order valence-electron chi connectivity index (χ3n) is 1.91. The second kappa shape index (κ2) is 8.53. The van der Waals surface area contributed by atoms with Gasteiger partial charge < -0.3 is 6.15 Å². The Balaban J connectivity index is -0.000000422. The summed E-state index contributed by atoms with van der Waals surface area (Å²) in [6, 6.07) is 8.06. The second-order valence-corrected chi connectivity index (χ2v) is 2.87. The maximum absolute atomic E-state index is 4.33. The Morgan fingerprint density at radius 3 is 2.06 bits per heavy atom. The SMILES string of the molecule is Cc1nc(C)c2ccccc2n1.Cl.Cl.Cl.N. The van der Waals surface area contributed by atoms with Crippen LogP contribution in [0.2, 0.25) is 0 Å². The van der Waals surface area contributed by atoms with Gasteiger partial charge >= 0.3 is 0 Å². The Bertz CT molecular complexity index is 435. The van der Waals surface area contributed by atoms with E-state index < -0.39 is 0 Å². The van der Waals surface area contributed by atoms with Crippen LogP contribution in [0, 0.1) is 13.8 Å². The van der Waals surface area contributed by atoms with Crippen LogP contribution in [0.4, 0.5) is 0 Å². The maximum Gasteiger partial charge on any atom is 0.126 e. The van der Waals surface area contributed by atoms with E-state index in [1.807, 2.05) is 38.1 Å². The number of benzene rings is 1. The van der Waals surface area contributed by atoms with Crippen molar-refractivity contribution in [2.45, 2.75) is 13.8 Å². The highest BCUT2D eigenvalue weighted by atomic mass is 35.5. The first-order valence-electron chi connectivity index (χ1n) is 3.97. The summed E-state index contributed by atoms with van der Waals surface area (Å²) in [5, 5.41) is 1.14. The Kier molecular flexibility index (Phi) is 11.1. The number of nitrogens with zero attached hydrogens (tertiary/aromatic N) is 2. The summed E-state index contributed by atoms with van der Waals surface area (Å²) in [7, 11) is 0. The zero-order valence-corrected chi connectivity index (χ0v) is 11.6. The number of fused-ring (bicyclic) bond motifs is 1. The average molecular weight is 285 g/mol. The van der Waals surface area contributed by atoms with Gasteiger partial charge in [-0.1, -0.05) is 18.2 Å². The number of aryl methyl sites for hydroxylation is 2. The van der Waals surface area contributed by atoms with Gasteiger partial charge in [-0.2, -0.15) is 0 Å². The van der Waals surface area contributed by atoms with Crippen molar-refractivity contribution in [3.63, 3.8) is 0 Å². The molecule has 0 saturated carbocycles. The highest BCUT2D eigenvalue weighted by Gasteiger charge is 1.98. The zero-order valence-electron chi connectivity index (χ0n) is 9.14. The van der Waals surface area contributed by atoms with Crippen molar-refractivity contribution < 1.29 is 0 Å². The van der Waals surface area contributed by atoms with Gasteiger partial charge in [0, 0.05) is 11.1 Å². The molecule has 0 atom stereocenters. The van der Waals surface area contributed by atoms with E-state index in [2.05, 4.69) is 9.97 Å². The lowest BCUT2D eigenvalue weighted by Gasteiger charge is -2.00.